The van der Waals surface area contributed by atoms with E-state index in [-0.39, 0.29) is 11.6 Å². The molecule has 7 nitrogen and oxygen atoms in total. The zero-order chi connectivity index (χ0) is 17.1. The molecule has 1 aromatic carbocycles. The minimum atomic E-state index is -0.552. The molecule has 0 aliphatic heterocycles. The normalized spacial score (nSPS) is 10.4. The summed E-state index contributed by atoms with van der Waals surface area (Å²) in [7, 11) is 0. The van der Waals surface area contributed by atoms with Crippen LogP contribution in [-0.4, -0.2) is 26.8 Å². The molecule has 0 atom stereocenters. The maximum Gasteiger partial charge on any atom is 0.275 e. The molecule has 0 radical (unpaired) electrons. The number of carbonyl (C=O) groups excluding carboxylic acids is 2. The lowest BCUT2D eigenvalue weighted by Gasteiger charge is -2.08. The Hall–Kier alpha value is -3.13. The number of hydrogen-bond donors (Lipinski definition) is 2. The van der Waals surface area contributed by atoms with E-state index in [1.807, 2.05) is 6.92 Å². The number of thiazole rings is 1. The van der Waals surface area contributed by atoms with Crippen LogP contribution in [0.2, 0.25) is 0 Å². The largest absolute Gasteiger partial charge is 0.366 e. The molecular weight excluding hydrogens is 326 g/mol. The van der Waals surface area contributed by atoms with Crippen LogP contribution in [0.1, 0.15) is 26.4 Å². The molecule has 0 saturated heterocycles. The van der Waals surface area contributed by atoms with Gasteiger partial charge in [-0.15, -0.1) is 11.3 Å². The lowest BCUT2D eigenvalue weighted by Crippen LogP contribution is -2.15. The van der Waals surface area contributed by atoms with E-state index in [9.17, 15) is 9.59 Å². The van der Waals surface area contributed by atoms with Crippen molar-refractivity contribution in [2.75, 3.05) is 5.32 Å². The Morgan fingerprint density at radius 1 is 1.25 bits per heavy atom. The number of carbonyl (C=O) groups is 2. The topological polar surface area (TPSA) is 111 Å². The minimum absolute atomic E-state index is 0.268. The fraction of sp³-hybridized carbons (Fsp3) is 0.0625. The van der Waals surface area contributed by atoms with Crippen molar-refractivity contribution in [3.8, 4) is 10.7 Å². The summed E-state index contributed by atoms with van der Waals surface area (Å²) in [6.07, 6.45) is 4.72. The summed E-state index contributed by atoms with van der Waals surface area (Å²) in [5.74, 6) is -0.921. The van der Waals surface area contributed by atoms with Crippen molar-refractivity contribution in [3.63, 3.8) is 0 Å². The number of hydrogen-bond acceptors (Lipinski definition) is 6. The second-order valence-corrected chi connectivity index (χ2v) is 5.83. The number of nitrogens with two attached hydrogens (primary N) is 1. The van der Waals surface area contributed by atoms with E-state index < -0.39 is 5.91 Å². The third-order valence-corrected chi connectivity index (χ3v) is 4.15. The van der Waals surface area contributed by atoms with Crippen LogP contribution in [0, 0.1) is 6.92 Å². The van der Waals surface area contributed by atoms with E-state index in [0.717, 1.165) is 5.56 Å². The van der Waals surface area contributed by atoms with Gasteiger partial charge in [-0.25, -0.2) is 4.98 Å². The number of aryl methyl sites for hydroxylation is 1. The van der Waals surface area contributed by atoms with Gasteiger partial charge in [-0.1, -0.05) is 6.07 Å². The zero-order valence-corrected chi connectivity index (χ0v) is 13.5. The van der Waals surface area contributed by atoms with Gasteiger partial charge < -0.3 is 11.1 Å². The summed E-state index contributed by atoms with van der Waals surface area (Å²) in [5.41, 5.74) is 7.80. The Morgan fingerprint density at radius 2 is 2.08 bits per heavy atom. The summed E-state index contributed by atoms with van der Waals surface area (Å²) in [5, 5.41) is 5.00. The maximum absolute atomic E-state index is 12.4. The lowest BCUT2D eigenvalue weighted by molar-refractivity contribution is 0.0995. The van der Waals surface area contributed by atoms with Crippen LogP contribution >= 0.6 is 11.3 Å². The number of nitrogens with one attached hydrogen (secondary N) is 1. The zero-order valence-electron chi connectivity index (χ0n) is 12.7. The first kappa shape index (κ1) is 15.8. The van der Waals surface area contributed by atoms with Crippen molar-refractivity contribution in [2.24, 2.45) is 5.73 Å². The Morgan fingerprint density at radius 3 is 2.79 bits per heavy atom. The van der Waals surface area contributed by atoms with Crippen molar-refractivity contribution in [2.45, 2.75) is 6.92 Å². The van der Waals surface area contributed by atoms with Crippen molar-refractivity contribution in [1.82, 2.24) is 15.0 Å². The van der Waals surface area contributed by atoms with Crippen LogP contribution in [0.15, 0.2) is 42.2 Å². The average molecular weight is 339 g/mol. The molecule has 0 saturated carbocycles. The fourth-order valence-corrected chi connectivity index (χ4v) is 2.76. The molecule has 120 valence electrons. The van der Waals surface area contributed by atoms with Gasteiger partial charge >= 0.3 is 0 Å². The van der Waals surface area contributed by atoms with Crippen molar-refractivity contribution >= 4 is 28.8 Å². The lowest BCUT2D eigenvalue weighted by atomic mass is 10.1. The second kappa shape index (κ2) is 6.55. The van der Waals surface area contributed by atoms with E-state index in [0.29, 0.717) is 22.0 Å². The molecule has 0 fully saturated rings. The molecule has 0 spiro atoms. The number of benzene rings is 1. The smallest absolute Gasteiger partial charge is 0.275 e. The van der Waals surface area contributed by atoms with E-state index >= 15 is 0 Å². The Labute approximate surface area is 141 Å². The van der Waals surface area contributed by atoms with Gasteiger partial charge in [0.1, 0.15) is 16.4 Å². The number of rotatable bonds is 4. The monoisotopic (exact) mass is 339 g/mol. The van der Waals surface area contributed by atoms with E-state index in [4.69, 9.17) is 5.73 Å². The maximum atomic E-state index is 12.4. The quantitative estimate of drug-likeness (QED) is 0.757. The summed E-state index contributed by atoms with van der Waals surface area (Å²) < 4.78 is 0. The van der Waals surface area contributed by atoms with Crippen molar-refractivity contribution in [3.05, 3.63) is 59.0 Å². The van der Waals surface area contributed by atoms with Crippen LogP contribution in [0.3, 0.4) is 0 Å². The summed E-state index contributed by atoms with van der Waals surface area (Å²) in [4.78, 5) is 36.0. The van der Waals surface area contributed by atoms with E-state index in [1.54, 1.807) is 42.2 Å². The molecule has 0 unspecified atom stereocenters. The van der Waals surface area contributed by atoms with Gasteiger partial charge in [0, 0.05) is 29.0 Å². The van der Waals surface area contributed by atoms with Gasteiger partial charge in [0.05, 0.1) is 6.20 Å². The van der Waals surface area contributed by atoms with Gasteiger partial charge in [0.25, 0.3) is 5.91 Å². The second-order valence-electron chi connectivity index (χ2n) is 4.98. The van der Waals surface area contributed by atoms with Crippen LogP contribution < -0.4 is 11.1 Å². The number of nitrogens with zero attached hydrogens (tertiary/aromatic N) is 3. The number of amides is 2. The predicted molar refractivity (Wildman–Crippen MR) is 90.8 cm³/mol. The fourth-order valence-electron chi connectivity index (χ4n) is 2.00. The number of primary amides is 1. The standard InChI is InChI=1S/C16H13N5O2S/c1-9-2-3-10(14(17)22)6-11(9)20-15(23)13-8-24-16(21-13)12-7-18-4-5-19-12/h2-8H,1H3,(H2,17,22)(H,20,23). The SMILES string of the molecule is Cc1ccc(C(N)=O)cc1NC(=O)c1csc(-c2cnccn2)n1. The summed E-state index contributed by atoms with van der Waals surface area (Å²) in [6.45, 7) is 1.83. The highest BCUT2D eigenvalue weighted by molar-refractivity contribution is 7.13. The third kappa shape index (κ3) is 3.28. The van der Waals surface area contributed by atoms with Crippen LogP contribution in [0.4, 0.5) is 5.69 Å². The van der Waals surface area contributed by atoms with Crippen LogP contribution in [0.25, 0.3) is 10.7 Å². The van der Waals surface area contributed by atoms with Gasteiger partial charge in [-0.2, -0.15) is 0 Å². The van der Waals surface area contributed by atoms with Crippen LogP contribution in [0.5, 0.6) is 0 Å². The molecule has 2 heterocycles. The summed E-state index contributed by atoms with van der Waals surface area (Å²) >= 11 is 1.31. The number of aromatic nitrogens is 3. The Kier molecular flexibility index (Phi) is 4.30. The first-order chi connectivity index (χ1) is 11.5. The van der Waals surface area contributed by atoms with Gasteiger partial charge in [0.15, 0.2) is 0 Å². The minimum Gasteiger partial charge on any atom is -0.366 e. The molecule has 2 amide bonds. The molecule has 8 heteroatoms. The Balaban J connectivity index is 1.82. The van der Waals surface area contributed by atoms with Crippen molar-refractivity contribution < 1.29 is 9.59 Å². The van der Waals surface area contributed by atoms with E-state index in [1.165, 1.54) is 11.3 Å². The third-order valence-electron chi connectivity index (χ3n) is 3.29. The molecule has 0 aliphatic rings. The molecule has 3 N–H and O–H groups in total. The molecule has 0 aliphatic carbocycles. The molecule has 24 heavy (non-hydrogen) atoms. The highest BCUT2D eigenvalue weighted by atomic mass is 32.1. The van der Waals surface area contributed by atoms with Gasteiger partial charge in [0.2, 0.25) is 5.91 Å². The van der Waals surface area contributed by atoms with Gasteiger partial charge in [-0.3, -0.25) is 19.6 Å². The molecule has 3 aromatic rings. The van der Waals surface area contributed by atoms with Gasteiger partial charge in [-0.05, 0) is 24.6 Å². The highest BCUT2D eigenvalue weighted by Crippen LogP contribution is 2.22. The molecular formula is C16H13N5O2S. The molecule has 0 bridgehead atoms. The number of anilines is 1. The predicted octanol–water partition coefficient (Wildman–Crippen LogP) is 2.26. The first-order valence-corrected chi connectivity index (χ1v) is 7.86. The van der Waals surface area contributed by atoms with Crippen molar-refractivity contribution in [1.29, 1.82) is 0 Å². The highest BCUT2D eigenvalue weighted by Gasteiger charge is 2.14. The molecule has 2 aromatic heterocycles. The average Bonchev–Trinajstić information content (AvgIpc) is 3.07. The first-order valence-electron chi connectivity index (χ1n) is 6.98. The Bertz CT molecular complexity index is 908. The van der Waals surface area contributed by atoms with E-state index in [2.05, 4.69) is 20.3 Å². The summed E-state index contributed by atoms with van der Waals surface area (Å²) in [6, 6.07) is 4.88. The molecule has 3 rings (SSSR count). The van der Waals surface area contributed by atoms with Crippen LogP contribution in [-0.2, 0) is 0 Å².